The zero-order chi connectivity index (χ0) is 94.3. The van der Waals surface area contributed by atoms with Gasteiger partial charge in [-0.1, -0.05) is 412 Å². The molecular weight excluding hydrogens is 1720 g/mol. The Labute approximate surface area is 821 Å². The predicted molar refractivity (Wildman–Crippen MR) is 602 cm³/mol. The van der Waals surface area contributed by atoms with Crippen molar-refractivity contribution < 1.29 is 13.3 Å². The van der Waals surface area contributed by atoms with E-state index in [-0.39, 0.29) is 16.2 Å². The lowest BCUT2D eigenvalue weighted by Crippen LogP contribution is -2.15. The number of hydrogen-bond acceptors (Lipinski definition) is 3. The van der Waals surface area contributed by atoms with Crippen molar-refractivity contribution in [2.75, 3.05) is 0 Å². The molecule has 3 aliphatic carbocycles. The summed E-state index contributed by atoms with van der Waals surface area (Å²) in [5.74, 6) is 0. The van der Waals surface area contributed by atoms with Gasteiger partial charge in [-0.15, -0.1) is 0 Å². The molecule has 0 N–H and O–H groups in total. The van der Waals surface area contributed by atoms with Crippen molar-refractivity contribution >= 4 is 174 Å². The van der Waals surface area contributed by atoms with Gasteiger partial charge in [-0.25, -0.2) is 0 Å². The fourth-order valence-corrected chi connectivity index (χ4v) is 25.6. The molecule has 3 heteroatoms. The van der Waals surface area contributed by atoms with Crippen LogP contribution < -0.4 is 0 Å². The Morgan fingerprint density at radius 3 is 0.831 bits per heavy atom. The van der Waals surface area contributed by atoms with Crippen LogP contribution in [0.25, 0.3) is 274 Å². The van der Waals surface area contributed by atoms with E-state index in [2.05, 4.69) is 478 Å². The first-order valence-electron chi connectivity index (χ1n) is 49.7. The van der Waals surface area contributed by atoms with Gasteiger partial charge in [0.05, 0.1) is 0 Å². The Balaban J connectivity index is 0.000000102. The second-order valence-electron chi connectivity index (χ2n) is 40.9. The summed E-state index contributed by atoms with van der Waals surface area (Å²) in [7, 11) is 0. The molecule has 0 saturated carbocycles. The van der Waals surface area contributed by atoms with Gasteiger partial charge in [-0.2, -0.15) is 0 Å². The fourth-order valence-electron chi connectivity index (χ4n) is 25.6. The topological polar surface area (TPSA) is 39.4 Å². The molecule has 0 bridgehead atoms. The number of hydrogen-bond donors (Lipinski definition) is 0. The van der Waals surface area contributed by atoms with Crippen LogP contribution >= 0.6 is 0 Å². The minimum absolute atomic E-state index is 0.0551. The number of fused-ring (bicyclic) bond motifs is 31. The third-order valence-electron chi connectivity index (χ3n) is 32.3. The maximum Gasteiger partial charge on any atom is 0.136 e. The maximum absolute atomic E-state index is 6.40. The smallest absolute Gasteiger partial charge is 0.136 e. The first-order valence-corrected chi connectivity index (χ1v) is 49.7. The highest BCUT2D eigenvalue weighted by Gasteiger charge is 2.41. The Hall–Kier alpha value is -17.5. The summed E-state index contributed by atoms with van der Waals surface area (Å²) in [6, 6.07) is 165. The van der Waals surface area contributed by atoms with Crippen LogP contribution in [-0.4, -0.2) is 0 Å². The number of rotatable bonds is 6. The van der Waals surface area contributed by atoms with Crippen LogP contribution in [0.2, 0.25) is 0 Å². The largest absolute Gasteiger partial charge is 0.456 e. The van der Waals surface area contributed by atoms with Crippen LogP contribution in [0.3, 0.4) is 0 Å². The van der Waals surface area contributed by atoms with Crippen molar-refractivity contribution in [1.29, 1.82) is 0 Å². The molecule has 0 unspecified atom stereocenters. The molecule has 142 heavy (non-hydrogen) atoms. The lowest BCUT2D eigenvalue weighted by atomic mass is 9.80. The standard InChI is InChI=1S/C49H32O.2C45H30O/c1-49(2)42-23-20-29-11-5-6-14-34(29)48(42)39-22-19-33(27-43(39)49)47-37-17-9-7-15-35(37)46(36-16-8-10-18-38(36)47)32-21-24-44-40(26-32)41-25-30-12-3-4-13-31(30)28-45(41)50-44;1-45(2)38-18-10-9-13-31(38)32-22-19-29(26-39(32)45)43-35-16-7-5-14-33(35)42(34-15-6-8-17-36(34)43)28-21-23-40-37(25-28)44-30-12-4-3-11-27(30)20-24-41(44)46-40;1-45(2)38-23-20-27-11-3-4-12-30(27)44(38)36-22-19-29(26-39(36)45)43-34-16-7-5-14-32(34)42(33-15-6-8-17-35(33)43)28-21-24-41-37(25-28)31-13-9-10-18-40(31)46-41/h3-28H,1-2H3;2*3-26H,1-2H3. The van der Waals surface area contributed by atoms with Crippen LogP contribution in [0.15, 0.2) is 462 Å². The second kappa shape index (κ2) is 30.7. The molecule has 3 nitrogen and oxygen atoms in total. The van der Waals surface area contributed by atoms with Gasteiger partial charge in [0.1, 0.15) is 33.5 Å². The average molecular weight is 1810 g/mol. The molecule has 0 fully saturated rings. The molecule has 31 rings (SSSR count). The quantitative estimate of drug-likeness (QED) is 0.156. The van der Waals surface area contributed by atoms with Crippen molar-refractivity contribution in [1.82, 2.24) is 0 Å². The third-order valence-corrected chi connectivity index (χ3v) is 32.3. The van der Waals surface area contributed by atoms with E-state index in [1.54, 1.807) is 0 Å². The summed E-state index contributed by atoms with van der Waals surface area (Å²) in [5.41, 5.74) is 36.9. The second-order valence-corrected chi connectivity index (χ2v) is 40.9. The van der Waals surface area contributed by atoms with Gasteiger partial charge in [0.25, 0.3) is 0 Å². The monoisotopic (exact) mass is 1810 g/mol. The van der Waals surface area contributed by atoms with Crippen LogP contribution in [-0.2, 0) is 16.2 Å². The molecule has 28 aromatic rings. The van der Waals surface area contributed by atoms with Crippen LogP contribution in [0.4, 0.5) is 0 Å². The number of benzene rings is 25. The van der Waals surface area contributed by atoms with Crippen LogP contribution in [0, 0.1) is 0 Å². The van der Waals surface area contributed by atoms with E-state index in [1.165, 1.54) is 247 Å². The van der Waals surface area contributed by atoms with Gasteiger partial charge >= 0.3 is 0 Å². The van der Waals surface area contributed by atoms with E-state index >= 15 is 0 Å². The molecule has 0 spiro atoms. The lowest BCUT2D eigenvalue weighted by molar-refractivity contribution is 0.660. The Bertz CT molecular complexity index is 10200. The zero-order valence-corrected chi connectivity index (χ0v) is 79.4. The first-order chi connectivity index (χ1) is 69.7. The molecular formula is C139H92O3. The molecule has 0 atom stereocenters. The van der Waals surface area contributed by atoms with Gasteiger partial charge in [0.15, 0.2) is 0 Å². The summed E-state index contributed by atoms with van der Waals surface area (Å²) in [6.45, 7) is 14.2. The Kier molecular flexibility index (Phi) is 17.7. The third kappa shape index (κ3) is 12.0. The molecule has 0 saturated heterocycles. The van der Waals surface area contributed by atoms with E-state index in [0.717, 1.165) is 60.4 Å². The van der Waals surface area contributed by atoms with Gasteiger partial charge in [0.2, 0.25) is 0 Å². The Morgan fingerprint density at radius 2 is 0.394 bits per heavy atom. The van der Waals surface area contributed by atoms with E-state index in [1.807, 2.05) is 12.1 Å². The molecule has 3 aromatic heterocycles. The zero-order valence-electron chi connectivity index (χ0n) is 79.4. The summed E-state index contributed by atoms with van der Waals surface area (Å²) < 4.78 is 19.0. The van der Waals surface area contributed by atoms with E-state index < -0.39 is 0 Å². The lowest BCUT2D eigenvalue weighted by Gasteiger charge is -2.23. The summed E-state index contributed by atoms with van der Waals surface area (Å²) >= 11 is 0. The normalized spacial score (nSPS) is 13.6. The molecule has 0 aliphatic heterocycles. The summed E-state index contributed by atoms with van der Waals surface area (Å²) in [5, 5.41) is 32.2. The van der Waals surface area contributed by atoms with Crippen molar-refractivity contribution in [2.24, 2.45) is 0 Å². The molecule has 0 amide bonds. The minimum atomic E-state index is -0.107. The van der Waals surface area contributed by atoms with Crippen molar-refractivity contribution in [2.45, 2.75) is 57.8 Å². The highest BCUT2D eigenvalue weighted by Crippen LogP contribution is 2.59. The maximum atomic E-state index is 6.40. The fraction of sp³-hybridized carbons (Fsp3) is 0.0647. The van der Waals surface area contributed by atoms with E-state index in [4.69, 9.17) is 13.3 Å². The first kappa shape index (κ1) is 81.7. The van der Waals surface area contributed by atoms with Crippen molar-refractivity contribution in [3.63, 3.8) is 0 Å². The number of furan rings is 3. The van der Waals surface area contributed by atoms with Gasteiger partial charge in [0, 0.05) is 48.6 Å². The van der Waals surface area contributed by atoms with E-state index in [9.17, 15) is 0 Å². The Morgan fingerprint density at radius 1 is 0.134 bits per heavy atom. The van der Waals surface area contributed by atoms with E-state index in [0.29, 0.717) is 0 Å². The SMILES string of the molecule is CC1(C)c2cc(-c3c4ccccc4c(-c4ccc5oc6cc7ccccc7cc6c5c4)c4ccccc34)ccc2-c2c1ccc1ccccc21.CC1(C)c2cc(-c3c4ccccc4c(-c4ccc5oc6ccccc6c5c4)c4ccccc34)ccc2-c2c1ccc1ccccc21.CC1(C)c2ccccc2-c2ccc(-c3c4ccccc4c(-c4ccc5oc6ccc7ccccc7c6c5c4)c4ccccc34)cc21. The van der Waals surface area contributed by atoms with Crippen LogP contribution in [0.5, 0.6) is 0 Å². The summed E-state index contributed by atoms with van der Waals surface area (Å²) in [6.07, 6.45) is 0. The number of para-hydroxylation sites is 1. The predicted octanol–water partition coefficient (Wildman–Crippen LogP) is 39.2. The highest BCUT2D eigenvalue weighted by molar-refractivity contribution is 6.28. The molecule has 25 aromatic carbocycles. The summed E-state index contributed by atoms with van der Waals surface area (Å²) in [4.78, 5) is 0. The molecule has 0 radical (unpaired) electrons. The van der Waals surface area contributed by atoms with Crippen molar-refractivity contribution in [3.05, 3.63) is 482 Å². The highest BCUT2D eigenvalue weighted by atomic mass is 16.3. The van der Waals surface area contributed by atoms with Gasteiger partial charge in [-0.3, -0.25) is 0 Å². The van der Waals surface area contributed by atoms with Crippen molar-refractivity contribution in [3.8, 4) is 100 Å². The average Bonchev–Trinajstić information content (AvgIpc) is 1.58. The minimum Gasteiger partial charge on any atom is -0.456 e. The van der Waals surface area contributed by atoms with Gasteiger partial charge < -0.3 is 13.3 Å². The molecule has 3 heterocycles. The molecule has 3 aliphatic rings. The molecule has 666 valence electrons. The van der Waals surface area contributed by atoms with Gasteiger partial charge in [-0.05, 0) is 320 Å². The van der Waals surface area contributed by atoms with Crippen LogP contribution in [0.1, 0.15) is 74.9 Å².